The smallest absolute Gasteiger partial charge is 0.234 e. The van der Waals surface area contributed by atoms with Gasteiger partial charge in [0.05, 0.1) is 21.5 Å². The van der Waals surface area contributed by atoms with E-state index in [1.165, 1.54) is 11.8 Å². The first-order valence-electron chi connectivity index (χ1n) is 9.26. The Morgan fingerprint density at radius 2 is 1.56 bits per heavy atom. The monoisotopic (exact) mass is 522 g/mol. The summed E-state index contributed by atoms with van der Waals surface area (Å²) in [6, 6.07) is 19.6. The van der Waals surface area contributed by atoms with Gasteiger partial charge in [0.1, 0.15) is 0 Å². The van der Waals surface area contributed by atoms with Crippen LogP contribution in [0.1, 0.15) is 0 Å². The molecule has 1 heterocycles. The van der Waals surface area contributed by atoms with E-state index in [2.05, 4.69) is 15.5 Å². The second-order valence-electron chi connectivity index (χ2n) is 6.56. The first-order valence-corrected chi connectivity index (χ1v) is 11.8. The van der Waals surface area contributed by atoms with E-state index in [9.17, 15) is 4.79 Å². The van der Waals surface area contributed by atoms with Gasteiger partial charge >= 0.3 is 0 Å². The number of aromatic nitrogens is 3. The minimum Gasteiger partial charge on any atom is -0.323 e. The molecule has 0 aliphatic heterocycles. The van der Waals surface area contributed by atoms with Gasteiger partial charge in [0.15, 0.2) is 11.0 Å². The number of thioether (sulfide) groups is 1. The van der Waals surface area contributed by atoms with E-state index in [0.717, 1.165) is 11.3 Å². The summed E-state index contributed by atoms with van der Waals surface area (Å²) in [5, 5.41) is 13.8. The molecule has 0 fully saturated rings. The number of anilines is 1. The number of amides is 1. The number of hydrogen-bond donors (Lipinski definition) is 1. The van der Waals surface area contributed by atoms with Gasteiger partial charge in [-0.25, -0.2) is 0 Å². The Labute approximate surface area is 208 Å². The summed E-state index contributed by atoms with van der Waals surface area (Å²) in [6.07, 6.45) is 0. The number of halogens is 4. The first kappa shape index (κ1) is 23.0. The molecule has 162 valence electrons. The third kappa shape index (κ3) is 5.22. The summed E-state index contributed by atoms with van der Waals surface area (Å²) in [7, 11) is 0. The Balaban J connectivity index is 1.62. The molecule has 1 aromatic heterocycles. The van der Waals surface area contributed by atoms with Gasteiger partial charge in [0.25, 0.3) is 0 Å². The van der Waals surface area contributed by atoms with Crippen LogP contribution < -0.4 is 5.32 Å². The maximum Gasteiger partial charge on any atom is 0.234 e. The molecule has 0 atom stereocenters. The fourth-order valence-electron chi connectivity index (χ4n) is 2.92. The summed E-state index contributed by atoms with van der Waals surface area (Å²) in [5.41, 5.74) is 1.96. The fraction of sp³-hybridized carbons (Fsp3) is 0.0455. The van der Waals surface area contributed by atoms with Crippen molar-refractivity contribution in [1.82, 2.24) is 14.8 Å². The third-order valence-electron chi connectivity index (χ3n) is 4.36. The molecule has 0 spiro atoms. The Bertz CT molecular complexity index is 1260. The van der Waals surface area contributed by atoms with E-state index in [1.54, 1.807) is 42.5 Å². The van der Waals surface area contributed by atoms with Crippen molar-refractivity contribution >= 4 is 69.8 Å². The molecular formula is C22H14Cl4N4OS. The Morgan fingerprint density at radius 1 is 0.875 bits per heavy atom. The normalized spacial score (nSPS) is 10.9. The van der Waals surface area contributed by atoms with Gasteiger partial charge in [-0.1, -0.05) is 76.4 Å². The molecule has 4 rings (SSSR count). The number of para-hydroxylation sites is 1. The minimum absolute atomic E-state index is 0.0722. The maximum absolute atomic E-state index is 12.6. The quantitative estimate of drug-likeness (QED) is 0.270. The first-order chi connectivity index (χ1) is 15.4. The number of benzene rings is 3. The summed E-state index contributed by atoms with van der Waals surface area (Å²) in [4.78, 5) is 12.6. The summed E-state index contributed by atoms with van der Waals surface area (Å²) in [5.74, 6) is 0.384. The Hall–Kier alpha value is -2.22. The molecule has 0 saturated heterocycles. The highest BCUT2D eigenvalue weighted by molar-refractivity contribution is 7.99. The fourth-order valence-corrected chi connectivity index (χ4v) is 4.48. The average Bonchev–Trinajstić information content (AvgIpc) is 3.19. The highest BCUT2D eigenvalue weighted by atomic mass is 35.5. The lowest BCUT2D eigenvalue weighted by Gasteiger charge is -2.11. The molecule has 5 nitrogen and oxygen atoms in total. The highest BCUT2D eigenvalue weighted by Crippen LogP contribution is 2.32. The van der Waals surface area contributed by atoms with Crippen molar-refractivity contribution in [2.75, 3.05) is 11.1 Å². The van der Waals surface area contributed by atoms with Crippen LogP contribution in [0.4, 0.5) is 5.69 Å². The number of hydrogen-bond acceptors (Lipinski definition) is 4. The van der Waals surface area contributed by atoms with Crippen LogP contribution in [-0.4, -0.2) is 26.4 Å². The van der Waals surface area contributed by atoms with Crippen molar-refractivity contribution in [2.24, 2.45) is 0 Å². The maximum atomic E-state index is 12.6. The third-order valence-corrected chi connectivity index (χ3v) is 6.41. The molecule has 3 aromatic carbocycles. The lowest BCUT2D eigenvalue weighted by atomic mass is 10.2. The second-order valence-corrected chi connectivity index (χ2v) is 9.19. The van der Waals surface area contributed by atoms with Gasteiger partial charge in [0.2, 0.25) is 5.91 Å². The zero-order valence-corrected chi connectivity index (χ0v) is 20.1. The van der Waals surface area contributed by atoms with Gasteiger partial charge in [-0.3, -0.25) is 9.36 Å². The molecule has 0 bridgehead atoms. The van der Waals surface area contributed by atoms with Crippen molar-refractivity contribution in [3.05, 3.63) is 86.8 Å². The van der Waals surface area contributed by atoms with Gasteiger partial charge in [-0.05, 0) is 48.5 Å². The average molecular weight is 524 g/mol. The molecule has 0 unspecified atom stereocenters. The van der Waals surface area contributed by atoms with Gasteiger partial charge in [0, 0.05) is 21.3 Å². The molecule has 1 N–H and O–H groups in total. The number of rotatable bonds is 6. The molecule has 0 aliphatic carbocycles. The topological polar surface area (TPSA) is 59.8 Å². The molecule has 0 saturated carbocycles. The van der Waals surface area contributed by atoms with Crippen molar-refractivity contribution in [3.8, 4) is 17.1 Å². The van der Waals surface area contributed by atoms with E-state index in [-0.39, 0.29) is 11.7 Å². The van der Waals surface area contributed by atoms with Crippen molar-refractivity contribution < 1.29 is 4.79 Å². The summed E-state index contributed by atoms with van der Waals surface area (Å²) < 4.78 is 1.85. The van der Waals surface area contributed by atoms with Crippen LogP contribution in [0.3, 0.4) is 0 Å². The molecule has 32 heavy (non-hydrogen) atoms. The molecule has 0 radical (unpaired) electrons. The predicted molar refractivity (Wildman–Crippen MR) is 133 cm³/mol. The lowest BCUT2D eigenvalue weighted by Crippen LogP contribution is -2.15. The molecule has 1 amide bonds. The SMILES string of the molecule is O=C(CSc1nnc(-c2cccc(Cl)c2)n1-c1ccc(Cl)cc1)Nc1c(Cl)cccc1Cl. The van der Waals surface area contributed by atoms with Crippen LogP contribution in [-0.2, 0) is 4.79 Å². The van der Waals surface area contributed by atoms with E-state index >= 15 is 0 Å². The van der Waals surface area contributed by atoms with E-state index in [0.29, 0.717) is 36.8 Å². The number of carbonyl (C=O) groups is 1. The molecular weight excluding hydrogens is 510 g/mol. The minimum atomic E-state index is -0.278. The van der Waals surface area contributed by atoms with Crippen LogP contribution in [0.2, 0.25) is 20.1 Å². The lowest BCUT2D eigenvalue weighted by molar-refractivity contribution is -0.113. The molecule has 4 aromatic rings. The zero-order chi connectivity index (χ0) is 22.7. The van der Waals surface area contributed by atoms with Crippen LogP contribution >= 0.6 is 58.2 Å². The van der Waals surface area contributed by atoms with E-state index in [1.807, 2.05) is 28.8 Å². The van der Waals surface area contributed by atoms with Crippen LogP contribution in [0.5, 0.6) is 0 Å². The molecule has 10 heteroatoms. The van der Waals surface area contributed by atoms with Gasteiger partial charge in [-0.15, -0.1) is 10.2 Å². The van der Waals surface area contributed by atoms with Gasteiger partial charge in [-0.2, -0.15) is 0 Å². The van der Waals surface area contributed by atoms with Crippen LogP contribution in [0, 0.1) is 0 Å². The zero-order valence-electron chi connectivity index (χ0n) is 16.2. The van der Waals surface area contributed by atoms with Crippen LogP contribution in [0.25, 0.3) is 17.1 Å². The largest absolute Gasteiger partial charge is 0.323 e. The Kier molecular flexibility index (Phi) is 7.28. The number of carbonyl (C=O) groups excluding carboxylic acids is 1. The predicted octanol–water partition coefficient (Wildman–Crippen LogP) is 7.28. The van der Waals surface area contributed by atoms with Crippen molar-refractivity contribution in [2.45, 2.75) is 5.16 Å². The summed E-state index contributed by atoms with van der Waals surface area (Å²) in [6.45, 7) is 0. The van der Waals surface area contributed by atoms with Crippen LogP contribution in [0.15, 0.2) is 71.9 Å². The second kappa shape index (κ2) is 10.1. The van der Waals surface area contributed by atoms with E-state index < -0.39 is 0 Å². The number of nitrogens with one attached hydrogen (secondary N) is 1. The van der Waals surface area contributed by atoms with Gasteiger partial charge < -0.3 is 5.32 Å². The van der Waals surface area contributed by atoms with E-state index in [4.69, 9.17) is 46.4 Å². The summed E-state index contributed by atoms with van der Waals surface area (Å²) >= 11 is 25.7. The molecule has 0 aliphatic rings. The Morgan fingerprint density at radius 3 is 2.25 bits per heavy atom. The number of nitrogens with zero attached hydrogens (tertiary/aromatic N) is 3. The standard InChI is InChI=1S/C22H14Cl4N4OS/c23-14-7-9-16(10-8-14)30-21(13-3-1-4-15(24)11-13)28-29-22(30)32-12-19(31)27-20-17(25)5-2-6-18(20)26/h1-11H,12H2,(H,27,31). The highest BCUT2D eigenvalue weighted by Gasteiger charge is 2.18. The van der Waals surface area contributed by atoms with Crippen molar-refractivity contribution in [3.63, 3.8) is 0 Å². The van der Waals surface area contributed by atoms with Crippen molar-refractivity contribution in [1.29, 1.82) is 0 Å².